The standard InChI is InChI=1S/C21H27BN2O5S/c1-20(2)21(3,4)29-22(28-20)16(10-18-23-12-17(13-25)30-18)11-24-19(26)27-14-15-8-6-5-7-9-15/h5-10,12,25H,11,13-14H2,1-4H3,(H,24,26). The van der Waals surface area contributed by atoms with Gasteiger partial charge >= 0.3 is 13.2 Å². The summed E-state index contributed by atoms with van der Waals surface area (Å²) in [6.45, 7) is 8.19. The van der Waals surface area contributed by atoms with Gasteiger partial charge in [-0.05, 0) is 44.8 Å². The highest BCUT2D eigenvalue weighted by atomic mass is 32.1. The number of benzene rings is 1. The van der Waals surface area contributed by atoms with Crippen molar-refractivity contribution in [2.45, 2.75) is 52.1 Å². The molecule has 0 radical (unpaired) electrons. The highest BCUT2D eigenvalue weighted by molar-refractivity contribution is 7.12. The van der Waals surface area contributed by atoms with Gasteiger partial charge in [-0.25, -0.2) is 9.78 Å². The molecular weight excluding hydrogens is 403 g/mol. The van der Waals surface area contributed by atoms with Crippen molar-refractivity contribution in [1.29, 1.82) is 0 Å². The maximum atomic E-state index is 12.2. The predicted molar refractivity (Wildman–Crippen MR) is 117 cm³/mol. The first-order valence-electron chi connectivity index (χ1n) is 9.76. The molecule has 1 aromatic carbocycles. The molecule has 2 aromatic rings. The molecule has 1 aliphatic rings. The Balaban J connectivity index is 1.69. The SMILES string of the molecule is CC1(C)OB(C(=Cc2ncc(CO)s2)CNC(=O)OCc2ccccc2)OC1(C)C. The molecule has 0 bridgehead atoms. The van der Waals surface area contributed by atoms with E-state index < -0.39 is 24.4 Å². The number of carbonyl (C=O) groups excluding carboxylic acids is 1. The first-order valence-corrected chi connectivity index (χ1v) is 10.6. The molecule has 0 spiro atoms. The maximum absolute atomic E-state index is 12.2. The van der Waals surface area contributed by atoms with Gasteiger partial charge in [-0.15, -0.1) is 11.3 Å². The zero-order valence-corrected chi connectivity index (χ0v) is 18.5. The number of nitrogens with zero attached hydrogens (tertiary/aromatic N) is 1. The minimum Gasteiger partial charge on any atom is -0.445 e. The summed E-state index contributed by atoms with van der Waals surface area (Å²) >= 11 is 1.37. The van der Waals surface area contributed by atoms with Crippen LogP contribution in [0.4, 0.5) is 4.79 Å². The highest BCUT2D eigenvalue weighted by Gasteiger charge is 2.52. The lowest BCUT2D eigenvalue weighted by Gasteiger charge is -2.32. The van der Waals surface area contributed by atoms with E-state index in [1.54, 1.807) is 6.20 Å². The molecule has 1 amide bonds. The molecule has 0 unspecified atom stereocenters. The van der Waals surface area contributed by atoms with Crippen LogP contribution < -0.4 is 5.32 Å². The summed E-state index contributed by atoms with van der Waals surface area (Å²) in [5, 5.41) is 12.8. The largest absolute Gasteiger partial charge is 0.492 e. The Bertz CT molecular complexity index is 882. The molecule has 9 heteroatoms. The van der Waals surface area contributed by atoms with Crippen LogP contribution in [0, 0.1) is 0 Å². The lowest BCUT2D eigenvalue weighted by molar-refractivity contribution is 0.00578. The zero-order chi connectivity index (χ0) is 21.8. The van der Waals surface area contributed by atoms with E-state index in [1.165, 1.54) is 11.3 Å². The number of rotatable bonds is 7. The fourth-order valence-electron chi connectivity index (χ4n) is 2.77. The van der Waals surface area contributed by atoms with Gasteiger partial charge in [0.05, 0.1) is 22.7 Å². The molecule has 1 aliphatic heterocycles. The molecule has 2 N–H and O–H groups in total. The van der Waals surface area contributed by atoms with E-state index in [1.807, 2.05) is 64.1 Å². The third-order valence-electron chi connectivity index (χ3n) is 5.24. The second kappa shape index (κ2) is 9.30. The van der Waals surface area contributed by atoms with Gasteiger partial charge in [0.25, 0.3) is 0 Å². The van der Waals surface area contributed by atoms with Crippen LogP contribution in [0.25, 0.3) is 6.08 Å². The number of hydrogen-bond donors (Lipinski definition) is 2. The van der Waals surface area contributed by atoms with Crippen molar-refractivity contribution in [3.8, 4) is 0 Å². The molecule has 0 saturated carbocycles. The Morgan fingerprint density at radius 3 is 2.50 bits per heavy atom. The van der Waals surface area contributed by atoms with Crippen LogP contribution >= 0.6 is 11.3 Å². The van der Waals surface area contributed by atoms with Crippen molar-refractivity contribution in [1.82, 2.24) is 10.3 Å². The summed E-state index contributed by atoms with van der Waals surface area (Å²) < 4.78 is 17.6. The predicted octanol–water partition coefficient (Wildman–Crippen LogP) is 3.58. The summed E-state index contributed by atoms with van der Waals surface area (Å²) in [6, 6.07) is 9.48. The van der Waals surface area contributed by atoms with Crippen molar-refractivity contribution >= 4 is 30.6 Å². The molecule has 30 heavy (non-hydrogen) atoms. The lowest BCUT2D eigenvalue weighted by Crippen LogP contribution is -2.41. The molecule has 0 atom stereocenters. The van der Waals surface area contributed by atoms with E-state index in [9.17, 15) is 9.90 Å². The minimum absolute atomic E-state index is 0.0681. The Labute approximate surface area is 181 Å². The number of ether oxygens (including phenoxy) is 1. The highest BCUT2D eigenvalue weighted by Crippen LogP contribution is 2.38. The third-order valence-corrected chi connectivity index (χ3v) is 6.17. The van der Waals surface area contributed by atoms with E-state index >= 15 is 0 Å². The number of hydrogen-bond acceptors (Lipinski definition) is 7. The second-order valence-corrected chi connectivity index (χ2v) is 9.19. The summed E-state index contributed by atoms with van der Waals surface area (Å²) in [6.07, 6.45) is 2.92. The van der Waals surface area contributed by atoms with Gasteiger partial charge in [0.1, 0.15) is 11.6 Å². The second-order valence-electron chi connectivity index (χ2n) is 8.05. The Hall–Kier alpha value is -2.20. The fraction of sp³-hybridized carbons (Fsp3) is 0.429. The van der Waals surface area contributed by atoms with Gasteiger partial charge in [0.2, 0.25) is 0 Å². The Morgan fingerprint density at radius 1 is 1.23 bits per heavy atom. The quantitative estimate of drug-likeness (QED) is 0.653. The van der Waals surface area contributed by atoms with Gasteiger partial charge in [-0.3, -0.25) is 0 Å². The van der Waals surface area contributed by atoms with E-state index in [0.717, 1.165) is 10.4 Å². The van der Waals surface area contributed by atoms with E-state index in [0.29, 0.717) is 10.5 Å². The van der Waals surface area contributed by atoms with Crippen LogP contribution in [-0.2, 0) is 27.3 Å². The zero-order valence-electron chi connectivity index (χ0n) is 17.7. The van der Waals surface area contributed by atoms with Crippen molar-refractivity contribution in [3.63, 3.8) is 0 Å². The summed E-state index contributed by atoms with van der Waals surface area (Å²) in [7, 11) is -0.633. The first-order chi connectivity index (χ1) is 14.2. The molecule has 1 aromatic heterocycles. The molecule has 7 nitrogen and oxygen atoms in total. The normalized spacial score (nSPS) is 17.8. The molecule has 1 fully saturated rings. The van der Waals surface area contributed by atoms with Gasteiger partial charge < -0.3 is 24.5 Å². The molecule has 0 aliphatic carbocycles. The van der Waals surface area contributed by atoms with Gasteiger partial charge in [-0.1, -0.05) is 30.3 Å². The number of aromatic nitrogens is 1. The van der Waals surface area contributed by atoms with E-state index in [-0.39, 0.29) is 19.8 Å². The number of carbonyl (C=O) groups is 1. The van der Waals surface area contributed by atoms with Crippen LogP contribution in [0.15, 0.2) is 42.0 Å². The van der Waals surface area contributed by atoms with Crippen molar-refractivity contribution in [2.24, 2.45) is 0 Å². The van der Waals surface area contributed by atoms with Crippen LogP contribution in [0.2, 0.25) is 0 Å². The van der Waals surface area contributed by atoms with Gasteiger partial charge in [0.15, 0.2) is 0 Å². The van der Waals surface area contributed by atoms with Crippen LogP contribution in [0.3, 0.4) is 0 Å². The van der Waals surface area contributed by atoms with Crippen LogP contribution in [0.1, 0.15) is 43.1 Å². The number of alkyl carbamates (subject to hydrolysis) is 1. The molecular formula is C21H27BN2O5S. The Kier molecular flexibility index (Phi) is 6.97. The Morgan fingerprint density at radius 2 is 1.90 bits per heavy atom. The van der Waals surface area contributed by atoms with E-state index in [2.05, 4.69) is 10.3 Å². The average molecular weight is 430 g/mol. The lowest BCUT2D eigenvalue weighted by atomic mass is 9.77. The number of nitrogens with one attached hydrogen (secondary N) is 1. The van der Waals surface area contributed by atoms with Gasteiger partial charge in [-0.2, -0.15) is 0 Å². The number of aliphatic hydroxyl groups is 1. The maximum Gasteiger partial charge on any atom is 0.492 e. The minimum atomic E-state index is -0.633. The third kappa shape index (κ3) is 5.48. The van der Waals surface area contributed by atoms with Crippen molar-refractivity contribution in [3.05, 3.63) is 57.4 Å². The first kappa shape index (κ1) is 22.5. The van der Waals surface area contributed by atoms with Crippen LogP contribution in [0.5, 0.6) is 0 Å². The number of thiazole rings is 1. The summed E-state index contributed by atoms with van der Waals surface area (Å²) in [4.78, 5) is 17.3. The molecule has 3 rings (SSSR count). The molecule has 160 valence electrons. The smallest absolute Gasteiger partial charge is 0.445 e. The topological polar surface area (TPSA) is 89.9 Å². The van der Waals surface area contributed by atoms with Crippen LogP contribution in [-0.4, -0.2) is 41.0 Å². The molecule has 2 heterocycles. The number of aliphatic hydroxyl groups excluding tert-OH is 1. The van der Waals surface area contributed by atoms with Gasteiger partial charge in [0, 0.05) is 12.7 Å². The summed E-state index contributed by atoms with van der Waals surface area (Å²) in [5.41, 5.74) is 0.603. The number of amides is 1. The van der Waals surface area contributed by atoms with Crippen molar-refractivity contribution < 1.29 is 23.9 Å². The monoisotopic (exact) mass is 430 g/mol. The van der Waals surface area contributed by atoms with E-state index in [4.69, 9.17) is 14.0 Å². The summed E-state index contributed by atoms with van der Waals surface area (Å²) in [5.74, 6) is 0. The molecule has 1 saturated heterocycles. The van der Waals surface area contributed by atoms with Crippen molar-refractivity contribution in [2.75, 3.05) is 6.54 Å². The average Bonchev–Trinajstić information content (AvgIpc) is 3.25. The fourth-order valence-corrected chi connectivity index (χ4v) is 3.52.